The van der Waals surface area contributed by atoms with Crippen molar-refractivity contribution in [2.45, 2.75) is 12.1 Å². The summed E-state index contributed by atoms with van der Waals surface area (Å²) in [6, 6.07) is 1.88. The normalized spacial score (nSPS) is 12.1. The van der Waals surface area contributed by atoms with E-state index in [1.807, 2.05) is 11.4 Å². The summed E-state index contributed by atoms with van der Waals surface area (Å²) in [5, 5.41) is 3.30. The van der Waals surface area contributed by atoms with Gasteiger partial charge in [0.1, 0.15) is 10.6 Å². The molecule has 0 bridgehead atoms. The number of thioether (sulfide) groups is 1. The predicted octanol–water partition coefficient (Wildman–Crippen LogP) is 1.80. The molecule has 8 heteroatoms. The molecule has 0 aliphatic rings. The zero-order chi connectivity index (χ0) is 13.2. The number of hydrogen-bond acceptors (Lipinski definition) is 7. The number of nitrogens with zero attached hydrogens (tertiary/aromatic N) is 2. The topological polar surface area (TPSA) is 85.9 Å². The average Bonchev–Trinajstić information content (AvgIpc) is 2.77. The molecule has 0 spiro atoms. The summed E-state index contributed by atoms with van der Waals surface area (Å²) in [5.41, 5.74) is 5.81. The lowest BCUT2D eigenvalue weighted by atomic mass is 10.4. The molecule has 2 aromatic heterocycles. The molecule has 2 aromatic rings. The fourth-order valence-electron chi connectivity index (χ4n) is 1.33. The van der Waals surface area contributed by atoms with Crippen molar-refractivity contribution in [2.75, 3.05) is 23.0 Å². The van der Waals surface area contributed by atoms with Crippen LogP contribution in [0.2, 0.25) is 0 Å². The van der Waals surface area contributed by atoms with Crippen molar-refractivity contribution in [3.8, 4) is 0 Å². The van der Waals surface area contributed by atoms with Crippen LogP contribution in [0.5, 0.6) is 0 Å². The SMILES string of the molecule is CCS(=O)(=O)CCSc1nc(N)c2ccsc2n1. The largest absolute Gasteiger partial charge is 0.383 e. The third-order valence-electron chi connectivity index (χ3n) is 2.40. The van der Waals surface area contributed by atoms with Crippen molar-refractivity contribution in [1.82, 2.24) is 9.97 Å². The molecule has 0 aliphatic carbocycles. The van der Waals surface area contributed by atoms with E-state index < -0.39 is 9.84 Å². The van der Waals surface area contributed by atoms with Gasteiger partial charge in [-0.2, -0.15) is 0 Å². The molecule has 0 fully saturated rings. The Balaban J connectivity index is 2.08. The monoisotopic (exact) mass is 303 g/mol. The van der Waals surface area contributed by atoms with Gasteiger partial charge in [0.15, 0.2) is 15.0 Å². The first kappa shape index (κ1) is 13.6. The molecule has 0 atom stereocenters. The van der Waals surface area contributed by atoms with Gasteiger partial charge in [-0.25, -0.2) is 18.4 Å². The first-order valence-electron chi connectivity index (χ1n) is 5.36. The minimum absolute atomic E-state index is 0.139. The Morgan fingerprint density at radius 2 is 2.22 bits per heavy atom. The van der Waals surface area contributed by atoms with E-state index in [9.17, 15) is 8.42 Å². The van der Waals surface area contributed by atoms with Gasteiger partial charge in [0, 0.05) is 11.5 Å². The van der Waals surface area contributed by atoms with Gasteiger partial charge in [-0.15, -0.1) is 11.3 Å². The molecule has 98 valence electrons. The van der Waals surface area contributed by atoms with E-state index in [0.717, 1.165) is 10.2 Å². The van der Waals surface area contributed by atoms with E-state index in [0.29, 0.717) is 16.7 Å². The molecule has 2 rings (SSSR count). The van der Waals surface area contributed by atoms with Gasteiger partial charge >= 0.3 is 0 Å². The number of rotatable bonds is 5. The minimum atomic E-state index is -2.94. The lowest BCUT2D eigenvalue weighted by Crippen LogP contribution is -2.10. The second kappa shape index (κ2) is 5.41. The maximum Gasteiger partial charge on any atom is 0.190 e. The zero-order valence-electron chi connectivity index (χ0n) is 9.79. The molecule has 0 amide bonds. The Hall–Kier alpha value is -0.860. The van der Waals surface area contributed by atoms with Crippen LogP contribution in [0.15, 0.2) is 16.6 Å². The van der Waals surface area contributed by atoms with E-state index in [4.69, 9.17) is 5.73 Å². The van der Waals surface area contributed by atoms with Crippen LogP contribution < -0.4 is 5.73 Å². The van der Waals surface area contributed by atoms with E-state index >= 15 is 0 Å². The van der Waals surface area contributed by atoms with Crippen molar-refractivity contribution < 1.29 is 8.42 Å². The fourth-order valence-corrected chi connectivity index (χ4v) is 4.30. The molecule has 0 saturated carbocycles. The lowest BCUT2D eigenvalue weighted by molar-refractivity contribution is 0.599. The third kappa shape index (κ3) is 3.12. The molecule has 5 nitrogen and oxygen atoms in total. The van der Waals surface area contributed by atoms with Crippen molar-refractivity contribution in [2.24, 2.45) is 0 Å². The van der Waals surface area contributed by atoms with Crippen LogP contribution in [-0.2, 0) is 9.84 Å². The first-order chi connectivity index (χ1) is 8.52. The second-order valence-corrected chi connectivity index (χ2v) is 8.05. The summed E-state index contributed by atoms with van der Waals surface area (Å²) in [5.74, 6) is 1.20. The predicted molar refractivity (Wildman–Crippen MR) is 76.9 cm³/mol. The Morgan fingerprint density at radius 1 is 1.44 bits per heavy atom. The van der Waals surface area contributed by atoms with Gasteiger partial charge in [0.25, 0.3) is 0 Å². The number of aromatic nitrogens is 2. The average molecular weight is 303 g/mol. The number of sulfone groups is 1. The fraction of sp³-hybridized carbons (Fsp3) is 0.400. The van der Waals surface area contributed by atoms with E-state index in [2.05, 4.69) is 9.97 Å². The molecule has 2 heterocycles. The van der Waals surface area contributed by atoms with Gasteiger partial charge in [-0.1, -0.05) is 18.7 Å². The highest BCUT2D eigenvalue weighted by Crippen LogP contribution is 2.26. The molecule has 0 aromatic carbocycles. The molecule has 0 aliphatic heterocycles. The van der Waals surface area contributed by atoms with Crippen molar-refractivity contribution in [3.63, 3.8) is 0 Å². The molecule has 0 saturated heterocycles. The van der Waals surface area contributed by atoms with E-state index in [-0.39, 0.29) is 11.5 Å². The maximum absolute atomic E-state index is 11.4. The molecule has 0 radical (unpaired) electrons. The summed E-state index contributed by atoms with van der Waals surface area (Å²) in [6.45, 7) is 1.65. The van der Waals surface area contributed by atoms with Crippen molar-refractivity contribution in [3.05, 3.63) is 11.4 Å². The lowest BCUT2D eigenvalue weighted by Gasteiger charge is -2.02. The number of hydrogen-bond donors (Lipinski definition) is 1. The molecule has 2 N–H and O–H groups in total. The van der Waals surface area contributed by atoms with Gasteiger partial charge in [0.05, 0.1) is 11.1 Å². The molecule has 0 unspecified atom stereocenters. The van der Waals surface area contributed by atoms with Crippen LogP contribution in [0, 0.1) is 0 Å². The summed E-state index contributed by atoms with van der Waals surface area (Å²) in [7, 11) is -2.94. The Morgan fingerprint density at radius 3 is 2.94 bits per heavy atom. The smallest absolute Gasteiger partial charge is 0.190 e. The van der Waals surface area contributed by atoms with Gasteiger partial charge < -0.3 is 5.73 Å². The quantitative estimate of drug-likeness (QED) is 0.669. The van der Waals surface area contributed by atoms with Crippen LogP contribution in [0.25, 0.3) is 10.2 Å². The molecular formula is C10H13N3O2S3. The highest BCUT2D eigenvalue weighted by molar-refractivity contribution is 8.00. The summed E-state index contributed by atoms with van der Waals surface area (Å²) in [4.78, 5) is 9.33. The highest BCUT2D eigenvalue weighted by Gasteiger charge is 2.10. The number of thiophene rings is 1. The zero-order valence-corrected chi connectivity index (χ0v) is 12.2. The molecule has 18 heavy (non-hydrogen) atoms. The number of anilines is 1. The highest BCUT2D eigenvalue weighted by atomic mass is 32.2. The van der Waals surface area contributed by atoms with Crippen LogP contribution in [0.3, 0.4) is 0 Å². The maximum atomic E-state index is 11.4. The summed E-state index contributed by atoms with van der Waals surface area (Å²) < 4.78 is 22.7. The minimum Gasteiger partial charge on any atom is -0.383 e. The van der Waals surface area contributed by atoms with Crippen molar-refractivity contribution in [1.29, 1.82) is 0 Å². The number of fused-ring (bicyclic) bond motifs is 1. The molecular weight excluding hydrogens is 290 g/mol. The number of nitrogen functional groups attached to an aromatic ring is 1. The Kier molecular flexibility index (Phi) is 4.08. The standard InChI is InChI=1S/C10H13N3O2S3/c1-2-18(14,15)6-5-17-10-12-8(11)7-3-4-16-9(7)13-10/h3-4H,2,5-6H2,1H3,(H2,11,12,13). The van der Waals surface area contributed by atoms with Gasteiger partial charge in [-0.3, -0.25) is 0 Å². The van der Waals surface area contributed by atoms with E-state index in [1.165, 1.54) is 23.1 Å². The van der Waals surface area contributed by atoms with Crippen LogP contribution in [-0.4, -0.2) is 35.6 Å². The summed E-state index contributed by atoms with van der Waals surface area (Å²) >= 11 is 2.82. The van der Waals surface area contributed by atoms with Gasteiger partial charge in [-0.05, 0) is 11.4 Å². The van der Waals surface area contributed by atoms with Crippen LogP contribution in [0.1, 0.15) is 6.92 Å². The summed E-state index contributed by atoms with van der Waals surface area (Å²) in [6.07, 6.45) is 0. The van der Waals surface area contributed by atoms with Crippen molar-refractivity contribution >= 4 is 49.0 Å². The third-order valence-corrected chi connectivity index (χ3v) is 6.02. The van der Waals surface area contributed by atoms with Crippen LogP contribution >= 0.6 is 23.1 Å². The van der Waals surface area contributed by atoms with E-state index in [1.54, 1.807) is 6.92 Å². The van der Waals surface area contributed by atoms with Gasteiger partial charge in [0.2, 0.25) is 0 Å². The second-order valence-electron chi connectivity index (χ2n) is 3.62. The number of nitrogens with two attached hydrogens (primary N) is 1. The first-order valence-corrected chi connectivity index (χ1v) is 9.04. The van der Waals surface area contributed by atoms with Crippen LogP contribution in [0.4, 0.5) is 5.82 Å². The Labute approximate surface area is 114 Å². The Bertz CT molecular complexity index is 651.